The molecular weight excluding hydrogens is 473 g/mol. The fraction of sp³-hybridized carbons (Fsp3) is 0.227. The number of ether oxygens (including phenoxy) is 1. The van der Waals surface area contributed by atoms with Gasteiger partial charge in [0.2, 0.25) is 0 Å². The number of thiazole rings is 1. The van der Waals surface area contributed by atoms with Gasteiger partial charge < -0.3 is 21.3 Å². The quantitative estimate of drug-likeness (QED) is 0.378. The summed E-state index contributed by atoms with van der Waals surface area (Å²) in [6.07, 6.45) is -3.39. The van der Waals surface area contributed by atoms with Gasteiger partial charge in [0.1, 0.15) is 11.5 Å². The molecule has 0 spiro atoms. The lowest BCUT2D eigenvalue weighted by Gasteiger charge is -2.21. The molecule has 3 aromatic rings. The molecule has 180 valence electrons. The highest BCUT2D eigenvalue weighted by molar-refractivity contribution is 7.14. The third kappa shape index (κ3) is 5.39. The van der Waals surface area contributed by atoms with Gasteiger partial charge in [-0.1, -0.05) is 13.3 Å². The second-order valence-corrected chi connectivity index (χ2v) is 8.00. The average Bonchev–Trinajstić information content (AvgIpc) is 3.23. The minimum atomic E-state index is -4.73. The fourth-order valence-electron chi connectivity index (χ4n) is 3.06. The van der Waals surface area contributed by atoms with E-state index in [0.29, 0.717) is 17.7 Å². The molecule has 2 aromatic carbocycles. The Balaban J connectivity index is 2.01. The maximum Gasteiger partial charge on any atom is 0.420 e. The molecule has 0 aliphatic rings. The van der Waals surface area contributed by atoms with Gasteiger partial charge in [-0.25, -0.2) is 14.7 Å². The van der Waals surface area contributed by atoms with Crippen molar-refractivity contribution in [2.45, 2.75) is 25.9 Å². The van der Waals surface area contributed by atoms with Crippen molar-refractivity contribution in [1.82, 2.24) is 4.98 Å². The number of alkyl halides is 3. The molecule has 0 aliphatic heterocycles. The zero-order valence-electron chi connectivity index (χ0n) is 17.9. The highest BCUT2D eigenvalue weighted by Crippen LogP contribution is 2.41. The van der Waals surface area contributed by atoms with Crippen LogP contribution in [0.3, 0.4) is 0 Å². The largest absolute Gasteiger partial charge is 0.507 e. The summed E-state index contributed by atoms with van der Waals surface area (Å²) < 4.78 is 46.3. The zero-order valence-corrected chi connectivity index (χ0v) is 18.7. The Kier molecular flexibility index (Phi) is 7.30. The predicted molar refractivity (Wildman–Crippen MR) is 121 cm³/mol. The predicted octanol–water partition coefficient (Wildman–Crippen LogP) is 5.03. The second-order valence-electron chi connectivity index (χ2n) is 7.17. The topological polar surface area (TPSA) is 132 Å². The first-order valence-electron chi connectivity index (χ1n) is 10.0. The molecule has 8 nitrogen and oxygen atoms in total. The van der Waals surface area contributed by atoms with E-state index in [0.717, 1.165) is 34.8 Å². The van der Waals surface area contributed by atoms with Gasteiger partial charge in [-0.2, -0.15) is 13.2 Å². The number of anilines is 2. The molecule has 3 amide bonds. The van der Waals surface area contributed by atoms with Crippen molar-refractivity contribution in [2.75, 3.05) is 11.5 Å². The lowest BCUT2D eigenvalue weighted by Crippen LogP contribution is -2.31. The van der Waals surface area contributed by atoms with Crippen molar-refractivity contribution >= 4 is 34.1 Å². The molecule has 1 aromatic heterocycles. The molecule has 0 saturated carbocycles. The van der Waals surface area contributed by atoms with Crippen LogP contribution < -0.4 is 21.1 Å². The Bertz CT molecular complexity index is 1210. The van der Waals surface area contributed by atoms with Crippen molar-refractivity contribution in [1.29, 1.82) is 0 Å². The Morgan fingerprint density at radius 1 is 1.18 bits per heavy atom. The van der Waals surface area contributed by atoms with Gasteiger partial charge in [-0.15, -0.1) is 11.3 Å². The number of phenols is 1. The highest BCUT2D eigenvalue weighted by Gasteiger charge is 2.36. The number of nitrogens with zero attached hydrogens (tertiary/aromatic N) is 2. The Morgan fingerprint density at radius 2 is 1.91 bits per heavy atom. The van der Waals surface area contributed by atoms with Gasteiger partial charge in [-0.05, 0) is 42.8 Å². The summed E-state index contributed by atoms with van der Waals surface area (Å²) >= 11 is 0.951. The molecule has 0 bridgehead atoms. The summed E-state index contributed by atoms with van der Waals surface area (Å²) in [5.41, 5.74) is 10.1. The summed E-state index contributed by atoms with van der Waals surface area (Å²) in [5, 5.41) is 11.3. The highest BCUT2D eigenvalue weighted by atomic mass is 32.1. The van der Waals surface area contributed by atoms with Crippen LogP contribution >= 0.6 is 11.3 Å². The van der Waals surface area contributed by atoms with Gasteiger partial charge in [0.15, 0.2) is 5.13 Å². The number of hydrogen-bond donors (Lipinski definition) is 3. The Morgan fingerprint density at radius 3 is 2.53 bits per heavy atom. The minimum absolute atomic E-state index is 0.00368. The molecule has 0 fully saturated rings. The molecule has 5 N–H and O–H groups in total. The molecule has 12 heteroatoms. The summed E-state index contributed by atoms with van der Waals surface area (Å²) in [6.45, 7) is 2.01. The van der Waals surface area contributed by atoms with E-state index < -0.39 is 23.7 Å². The summed E-state index contributed by atoms with van der Waals surface area (Å²) in [5.74, 6) is -1.52. The van der Waals surface area contributed by atoms with Crippen LogP contribution in [0, 0.1) is 0 Å². The number of amides is 3. The Labute approximate surface area is 196 Å². The molecule has 0 aliphatic carbocycles. The van der Waals surface area contributed by atoms with Crippen molar-refractivity contribution in [2.24, 2.45) is 11.5 Å². The number of unbranched alkanes of at least 4 members (excludes halogenated alkanes) is 1. The number of halogens is 3. The van der Waals surface area contributed by atoms with Crippen LogP contribution in [0.4, 0.5) is 28.8 Å². The standard InChI is InChI=1S/C22H21F3N4O4S/c1-2-3-8-33-18-7-5-13(10-15(18)22(23,24)25)29(20(27)32)21-28-16(11-34-21)12-4-6-17(30)14(9-12)19(26)31/h4-7,9-11,30H,2-3,8H2,1H3,(H2,26,31)(H2,27,32). The monoisotopic (exact) mass is 494 g/mol. The van der Waals surface area contributed by atoms with Crippen molar-refractivity contribution < 1.29 is 32.6 Å². The summed E-state index contributed by atoms with van der Waals surface area (Å²) in [7, 11) is 0. The molecule has 0 radical (unpaired) electrons. The smallest absolute Gasteiger partial charge is 0.420 e. The Hall–Kier alpha value is -3.80. The van der Waals surface area contributed by atoms with Crippen molar-refractivity contribution in [3.8, 4) is 22.8 Å². The van der Waals surface area contributed by atoms with E-state index in [1.165, 1.54) is 29.6 Å². The fourth-order valence-corrected chi connectivity index (χ4v) is 3.91. The van der Waals surface area contributed by atoms with E-state index in [4.69, 9.17) is 16.2 Å². The van der Waals surface area contributed by atoms with E-state index in [2.05, 4.69) is 4.98 Å². The van der Waals surface area contributed by atoms with Crippen LogP contribution in [0.25, 0.3) is 11.3 Å². The van der Waals surface area contributed by atoms with Crippen molar-refractivity contribution in [3.05, 3.63) is 52.9 Å². The lowest BCUT2D eigenvalue weighted by molar-refractivity contribution is -0.138. The lowest BCUT2D eigenvalue weighted by atomic mass is 10.1. The molecule has 1 heterocycles. The number of rotatable bonds is 8. The average molecular weight is 494 g/mol. The molecule has 3 rings (SSSR count). The number of aromatic nitrogens is 1. The molecular formula is C22H21F3N4O4S. The summed E-state index contributed by atoms with van der Waals surface area (Å²) in [4.78, 5) is 28.8. The van der Waals surface area contributed by atoms with E-state index >= 15 is 0 Å². The van der Waals surface area contributed by atoms with Gasteiger partial charge >= 0.3 is 12.2 Å². The number of urea groups is 1. The van der Waals surface area contributed by atoms with Crippen LogP contribution in [0.5, 0.6) is 11.5 Å². The first-order chi connectivity index (χ1) is 16.0. The molecule has 34 heavy (non-hydrogen) atoms. The number of carbonyl (C=O) groups excluding carboxylic acids is 2. The maximum absolute atomic E-state index is 13.7. The second kappa shape index (κ2) is 10.00. The van der Waals surface area contributed by atoms with Gasteiger partial charge in [0.25, 0.3) is 5.91 Å². The molecule has 0 saturated heterocycles. The number of hydrogen-bond acceptors (Lipinski definition) is 6. The van der Waals surface area contributed by atoms with Gasteiger partial charge in [0, 0.05) is 10.9 Å². The zero-order chi connectivity index (χ0) is 25.0. The normalized spacial score (nSPS) is 11.3. The minimum Gasteiger partial charge on any atom is -0.507 e. The van der Waals surface area contributed by atoms with E-state index in [1.54, 1.807) is 0 Å². The van der Waals surface area contributed by atoms with E-state index in [-0.39, 0.29) is 34.5 Å². The first-order valence-corrected chi connectivity index (χ1v) is 10.9. The number of carbonyl (C=O) groups is 2. The third-order valence-electron chi connectivity index (χ3n) is 4.74. The van der Waals surface area contributed by atoms with Crippen LogP contribution in [-0.4, -0.2) is 28.6 Å². The molecule has 0 unspecified atom stereocenters. The van der Waals surface area contributed by atoms with E-state index in [1.807, 2.05) is 6.92 Å². The van der Waals surface area contributed by atoms with Crippen LogP contribution in [-0.2, 0) is 6.18 Å². The van der Waals surface area contributed by atoms with E-state index in [9.17, 15) is 27.9 Å². The van der Waals surface area contributed by atoms with Crippen LogP contribution in [0.2, 0.25) is 0 Å². The van der Waals surface area contributed by atoms with Crippen LogP contribution in [0.1, 0.15) is 35.7 Å². The number of aromatic hydroxyl groups is 1. The maximum atomic E-state index is 13.7. The number of benzene rings is 2. The SMILES string of the molecule is CCCCOc1ccc(N(C(N)=O)c2nc(-c3ccc(O)c(C(N)=O)c3)cs2)cc1C(F)(F)F. The summed E-state index contributed by atoms with van der Waals surface area (Å²) in [6, 6.07) is 6.20. The van der Waals surface area contributed by atoms with Gasteiger partial charge in [0.05, 0.1) is 29.1 Å². The number of primary amides is 2. The van der Waals surface area contributed by atoms with Gasteiger partial charge in [-0.3, -0.25) is 4.79 Å². The molecule has 0 atom stereocenters. The van der Waals surface area contributed by atoms with Crippen molar-refractivity contribution in [3.63, 3.8) is 0 Å². The van der Waals surface area contributed by atoms with Crippen LogP contribution in [0.15, 0.2) is 41.8 Å². The number of nitrogens with two attached hydrogens (primary N) is 2. The first kappa shape index (κ1) is 24.8. The third-order valence-corrected chi connectivity index (χ3v) is 5.57.